The van der Waals surface area contributed by atoms with Gasteiger partial charge in [0.1, 0.15) is 5.60 Å². The molecule has 2 aliphatic rings. The van der Waals surface area contributed by atoms with Gasteiger partial charge in [-0.1, -0.05) is 5.06 Å². The highest BCUT2D eigenvalue weighted by molar-refractivity contribution is 6.02. The third-order valence-corrected chi connectivity index (χ3v) is 4.37. The van der Waals surface area contributed by atoms with Crippen molar-refractivity contribution in [2.75, 3.05) is 6.61 Å². The van der Waals surface area contributed by atoms with Gasteiger partial charge in [-0.2, -0.15) is 0 Å². The summed E-state index contributed by atoms with van der Waals surface area (Å²) in [5.74, 6) is -3.41. The fraction of sp³-hybridized carbons (Fsp3) is 0.667. The van der Waals surface area contributed by atoms with Crippen LogP contribution >= 0.6 is 0 Å². The maximum atomic E-state index is 12.2. The van der Waals surface area contributed by atoms with Crippen LogP contribution in [0.3, 0.4) is 0 Å². The Kier molecular flexibility index (Phi) is 6.80. The quantitative estimate of drug-likeness (QED) is 0.401. The molecule has 0 aromatic rings. The molecule has 12 nitrogen and oxygen atoms in total. The van der Waals surface area contributed by atoms with Crippen LogP contribution in [0.5, 0.6) is 0 Å². The summed E-state index contributed by atoms with van der Waals surface area (Å²) >= 11 is 0. The number of amides is 4. The lowest BCUT2D eigenvalue weighted by Gasteiger charge is -2.28. The minimum atomic E-state index is -1.49. The number of ether oxygens (including phenoxy) is 2. The van der Waals surface area contributed by atoms with Gasteiger partial charge in [0.25, 0.3) is 23.6 Å². The molecule has 2 aliphatic heterocycles. The van der Waals surface area contributed by atoms with E-state index in [1.165, 1.54) is 27.7 Å². The molecule has 12 heteroatoms. The summed E-state index contributed by atoms with van der Waals surface area (Å²) in [5, 5.41) is 0.798. The molecule has 2 fully saturated rings. The SMILES string of the molecule is CC(C)(CCOC(C)(C)C(=O)ON1C(=O)CCC1=O)OC(=O)ON1C(=O)CCC1=O. The van der Waals surface area contributed by atoms with Crippen LogP contribution in [0.15, 0.2) is 0 Å². The first-order valence-corrected chi connectivity index (χ1v) is 9.31. The van der Waals surface area contributed by atoms with Crippen LogP contribution in [0.2, 0.25) is 0 Å². The second-order valence-electron chi connectivity index (χ2n) is 7.85. The van der Waals surface area contributed by atoms with Crippen molar-refractivity contribution < 1.29 is 47.9 Å². The van der Waals surface area contributed by atoms with Gasteiger partial charge in [-0.15, -0.1) is 5.06 Å². The number of hydrogen-bond acceptors (Lipinski definition) is 10. The van der Waals surface area contributed by atoms with E-state index in [0.717, 1.165) is 0 Å². The smallest absolute Gasteiger partial charge is 0.427 e. The van der Waals surface area contributed by atoms with Crippen molar-refractivity contribution >= 4 is 35.8 Å². The van der Waals surface area contributed by atoms with Gasteiger partial charge >= 0.3 is 12.1 Å². The lowest BCUT2D eigenvalue weighted by molar-refractivity contribution is -0.212. The topological polar surface area (TPSA) is 146 Å². The first-order chi connectivity index (χ1) is 13.8. The summed E-state index contributed by atoms with van der Waals surface area (Å²) in [6.07, 6.45) is -1.24. The van der Waals surface area contributed by atoms with E-state index in [-0.39, 0.29) is 38.7 Å². The van der Waals surface area contributed by atoms with Crippen molar-refractivity contribution in [2.45, 2.75) is 71.0 Å². The molecule has 0 atom stereocenters. The summed E-state index contributed by atoms with van der Waals surface area (Å²) in [6.45, 7) is 5.81. The maximum absolute atomic E-state index is 12.2. The maximum Gasteiger partial charge on any atom is 0.534 e. The molecule has 0 N–H and O–H groups in total. The predicted octanol–water partition coefficient (Wildman–Crippen LogP) is 0.775. The van der Waals surface area contributed by atoms with Gasteiger partial charge < -0.3 is 14.3 Å². The first-order valence-electron chi connectivity index (χ1n) is 9.31. The average Bonchev–Trinajstić information content (AvgIpc) is 3.10. The molecule has 0 spiro atoms. The van der Waals surface area contributed by atoms with Gasteiger partial charge in [0.05, 0.1) is 6.61 Å². The predicted molar refractivity (Wildman–Crippen MR) is 94.6 cm³/mol. The van der Waals surface area contributed by atoms with Crippen LogP contribution in [0.4, 0.5) is 4.79 Å². The molecule has 4 amide bonds. The van der Waals surface area contributed by atoms with E-state index in [4.69, 9.17) is 14.3 Å². The van der Waals surface area contributed by atoms with Crippen LogP contribution in [0, 0.1) is 0 Å². The Morgan fingerprint density at radius 2 is 1.23 bits per heavy atom. The van der Waals surface area contributed by atoms with E-state index in [2.05, 4.69) is 4.84 Å². The molecule has 30 heavy (non-hydrogen) atoms. The molecule has 0 unspecified atom stereocenters. The monoisotopic (exact) mass is 428 g/mol. The van der Waals surface area contributed by atoms with E-state index in [1.807, 2.05) is 0 Å². The van der Waals surface area contributed by atoms with Gasteiger partial charge in [-0.3, -0.25) is 24.0 Å². The van der Waals surface area contributed by atoms with Gasteiger partial charge in [-0.25, -0.2) is 9.59 Å². The van der Waals surface area contributed by atoms with E-state index < -0.39 is 47.0 Å². The number of imide groups is 2. The van der Waals surface area contributed by atoms with Crippen LogP contribution in [0.1, 0.15) is 59.8 Å². The Hall–Kier alpha value is -3.02. The van der Waals surface area contributed by atoms with Crippen LogP contribution < -0.4 is 0 Å². The molecule has 2 rings (SSSR count). The summed E-state index contributed by atoms with van der Waals surface area (Å²) in [5.41, 5.74) is -2.61. The summed E-state index contributed by atoms with van der Waals surface area (Å²) < 4.78 is 10.6. The van der Waals surface area contributed by atoms with Crippen molar-refractivity contribution in [3.05, 3.63) is 0 Å². The van der Waals surface area contributed by atoms with Crippen molar-refractivity contribution in [1.29, 1.82) is 0 Å². The molecule has 0 bridgehead atoms. The Labute approximate surface area is 172 Å². The second kappa shape index (κ2) is 8.78. The first kappa shape index (κ1) is 23.3. The molecule has 2 saturated heterocycles. The fourth-order valence-electron chi connectivity index (χ4n) is 2.49. The van der Waals surface area contributed by atoms with Gasteiger partial charge in [-0.05, 0) is 27.7 Å². The lowest BCUT2D eigenvalue weighted by Crippen LogP contribution is -2.44. The number of carbonyl (C=O) groups is 6. The third kappa shape index (κ3) is 5.75. The number of hydrogen-bond donors (Lipinski definition) is 0. The highest BCUT2D eigenvalue weighted by Gasteiger charge is 2.39. The zero-order chi connectivity index (χ0) is 22.7. The van der Waals surface area contributed by atoms with Gasteiger partial charge in [0.2, 0.25) is 0 Å². The highest BCUT2D eigenvalue weighted by Crippen LogP contribution is 2.22. The van der Waals surface area contributed by atoms with E-state index in [1.54, 1.807) is 0 Å². The minimum absolute atomic E-state index is 0.0242. The van der Waals surface area contributed by atoms with Crippen LogP contribution in [-0.2, 0) is 43.1 Å². The van der Waals surface area contributed by atoms with E-state index in [0.29, 0.717) is 10.1 Å². The Bertz CT molecular complexity index is 741. The number of rotatable bonds is 8. The molecule has 0 aromatic heterocycles. The lowest BCUT2D eigenvalue weighted by atomic mass is 10.1. The van der Waals surface area contributed by atoms with E-state index in [9.17, 15) is 28.8 Å². The van der Waals surface area contributed by atoms with Crippen molar-refractivity contribution in [3.8, 4) is 0 Å². The van der Waals surface area contributed by atoms with Crippen LogP contribution in [0.25, 0.3) is 0 Å². The fourth-order valence-corrected chi connectivity index (χ4v) is 2.49. The van der Waals surface area contributed by atoms with Crippen molar-refractivity contribution in [3.63, 3.8) is 0 Å². The molecule has 0 aromatic carbocycles. The highest BCUT2D eigenvalue weighted by atomic mass is 16.8. The minimum Gasteiger partial charge on any atom is -0.427 e. The van der Waals surface area contributed by atoms with Crippen molar-refractivity contribution in [2.24, 2.45) is 0 Å². The summed E-state index contributed by atoms with van der Waals surface area (Å²) in [7, 11) is 0. The number of hydroxylamine groups is 4. The summed E-state index contributed by atoms with van der Waals surface area (Å²) in [4.78, 5) is 79.6. The Morgan fingerprint density at radius 1 is 0.800 bits per heavy atom. The normalized spacial score (nSPS) is 17.6. The van der Waals surface area contributed by atoms with Gasteiger partial charge in [0.15, 0.2) is 5.60 Å². The van der Waals surface area contributed by atoms with Gasteiger partial charge in [0, 0.05) is 32.1 Å². The Morgan fingerprint density at radius 3 is 1.70 bits per heavy atom. The summed E-state index contributed by atoms with van der Waals surface area (Å²) in [6, 6.07) is 0. The molecule has 2 heterocycles. The largest absolute Gasteiger partial charge is 0.534 e. The third-order valence-electron chi connectivity index (χ3n) is 4.37. The van der Waals surface area contributed by atoms with Crippen LogP contribution in [-0.4, -0.2) is 63.7 Å². The zero-order valence-corrected chi connectivity index (χ0v) is 17.2. The second-order valence-corrected chi connectivity index (χ2v) is 7.85. The molecule has 0 saturated carbocycles. The number of carbonyl (C=O) groups excluding carboxylic acids is 6. The molecular formula is C18H24N2O10. The molecule has 166 valence electrons. The molecule has 0 radical (unpaired) electrons. The number of nitrogens with zero attached hydrogens (tertiary/aromatic N) is 2. The molecule has 0 aliphatic carbocycles. The molecular weight excluding hydrogens is 404 g/mol. The van der Waals surface area contributed by atoms with Crippen molar-refractivity contribution in [1.82, 2.24) is 10.1 Å². The Balaban J connectivity index is 1.80. The standard InChI is InChI=1S/C18H24N2O10/c1-17(2,28-16(26)30-20-13(23)7-8-14(20)24)9-10-27-18(3,4)15(25)29-19-11(21)5-6-12(19)22/h5-10H2,1-4H3. The zero-order valence-electron chi connectivity index (χ0n) is 17.2. The van der Waals surface area contributed by atoms with E-state index >= 15 is 0 Å². The average molecular weight is 428 g/mol.